The van der Waals surface area contributed by atoms with E-state index < -0.39 is 0 Å². The van der Waals surface area contributed by atoms with Crippen LogP contribution < -0.4 is 21.8 Å². The molecule has 1 aromatic carbocycles. The Morgan fingerprint density at radius 2 is 2.16 bits per heavy atom. The molecular formula is C22H35N7O2. The summed E-state index contributed by atoms with van der Waals surface area (Å²) in [6.45, 7) is 7.08. The summed E-state index contributed by atoms with van der Waals surface area (Å²) in [4.78, 5) is 31.2. The highest BCUT2D eigenvalue weighted by molar-refractivity contribution is 6.31. The third kappa shape index (κ3) is 7.15. The van der Waals surface area contributed by atoms with E-state index in [0.29, 0.717) is 50.4 Å². The molecule has 9 heteroatoms. The molecule has 2 rings (SSSR count). The minimum absolute atomic E-state index is 0.0480. The van der Waals surface area contributed by atoms with Gasteiger partial charge in [0.2, 0.25) is 5.91 Å². The molecule has 0 bridgehead atoms. The van der Waals surface area contributed by atoms with Crippen LogP contribution in [0, 0.1) is 0 Å². The Balaban J connectivity index is 1.78. The molecule has 170 valence electrons. The normalized spacial score (nSPS) is 14.9. The molecule has 31 heavy (non-hydrogen) atoms. The zero-order valence-corrected chi connectivity index (χ0v) is 18.8. The van der Waals surface area contributed by atoms with Gasteiger partial charge in [0, 0.05) is 61.7 Å². The molecule has 1 aliphatic heterocycles. The lowest BCUT2D eigenvalue weighted by Crippen LogP contribution is -2.33. The lowest BCUT2D eigenvalue weighted by atomic mass is 10.1. The van der Waals surface area contributed by atoms with Crippen molar-refractivity contribution in [2.45, 2.75) is 45.7 Å². The zero-order valence-electron chi connectivity index (χ0n) is 18.8. The summed E-state index contributed by atoms with van der Waals surface area (Å²) in [6.07, 6.45) is 3.98. The molecule has 2 amide bonds. The molecule has 0 saturated heterocycles. The van der Waals surface area contributed by atoms with E-state index >= 15 is 0 Å². The first-order valence-electron chi connectivity index (χ1n) is 10.9. The molecule has 1 heterocycles. The number of hydrogen-bond acceptors (Lipinski definition) is 7. The van der Waals surface area contributed by atoms with Crippen molar-refractivity contribution in [2.75, 3.05) is 38.5 Å². The van der Waals surface area contributed by atoms with Gasteiger partial charge in [0.25, 0.3) is 5.91 Å². The first-order chi connectivity index (χ1) is 15.0. The molecule has 0 fully saturated rings. The van der Waals surface area contributed by atoms with Crippen molar-refractivity contribution in [3.05, 3.63) is 29.3 Å². The van der Waals surface area contributed by atoms with Crippen LogP contribution in [0.3, 0.4) is 0 Å². The lowest BCUT2D eigenvalue weighted by Gasteiger charge is -2.23. The number of aliphatic imine (C=N–C) groups is 1. The summed E-state index contributed by atoms with van der Waals surface area (Å²) in [7, 11) is 1.82. The summed E-state index contributed by atoms with van der Waals surface area (Å²) >= 11 is 0. The molecule has 9 nitrogen and oxygen atoms in total. The van der Waals surface area contributed by atoms with E-state index in [-0.39, 0.29) is 17.9 Å². The van der Waals surface area contributed by atoms with Crippen LogP contribution in [0.15, 0.2) is 28.3 Å². The highest BCUT2D eigenvalue weighted by Gasteiger charge is 2.32. The molecule has 5 N–H and O–H groups in total. The van der Waals surface area contributed by atoms with Gasteiger partial charge < -0.3 is 26.7 Å². The number of nitrogens with zero attached hydrogens (tertiary/aromatic N) is 3. The highest BCUT2D eigenvalue weighted by atomic mass is 16.2. The van der Waals surface area contributed by atoms with Gasteiger partial charge in [-0.3, -0.25) is 14.6 Å². The third-order valence-corrected chi connectivity index (χ3v) is 5.22. The number of carbonyl (C=O) groups is 2. The van der Waals surface area contributed by atoms with Crippen LogP contribution in [0.1, 0.15) is 49.0 Å². The van der Waals surface area contributed by atoms with Gasteiger partial charge in [0.15, 0.2) is 0 Å². The Bertz CT molecular complexity index is 807. The van der Waals surface area contributed by atoms with Crippen molar-refractivity contribution in [3.63, 3.8) is 0 Å². The van der Waals surface area contributed by atoms with Gasteiger partial charge in [-0.1, -0.05) is 19.4 Å². The second-order valence-corrected chi connectivity index (χ2v) is 7.64. The predicted octanol–water partition coefficient (Wildman–Crippen LogP) is 1.35. The second-order valence-electron chi connectivity index (χ2n) is 7.64. The monoisotopic (exact) mass is 429 g/mol. The number of hydrazone groups is 1. The summed E-state index contributed by atoms with van der Waals surface area (Å²) < 4.78 is 0. The molecule has 0 radical (unpaired) electrons. The lowest BCUT2D eigenvalue weighted by molar-refractivity contribution is -0.116. The fourth-order valence-corrected chi connectivity index (χ4v) is 3.56. The number of carbonyl (C=O) groups excluding carboxylic acids is 2. The topological polar surface area (TPSA) is 124 Å². The Kier molecular flexibility index (Phi) is 10.1. The van der Waals surface area contributed by atoms with E-state index in [2.05, 4.69) is 39.9 Å². The molecule has 1 atom stereocenters. The van der Waals surface area contributed by atoms with Crippen LogP contribution in [-0.2, 0) is 11.3 Å². The Labute approximate surface area is 184 Å². The maximum atomic E-state index is 12.7. The van der Waals surface area contributed by atoms with E-state index in [9.17, 15) is 9.59 Å². The summed E-state index contributed by atoms with van der Waals surface area (Å²) in [5.74, 6) is 5.24. The van der Waals surface area contributed by atoms with E-state index in [4.69, 9.17) is 5.84 Å². The number of nitrogens with one attached hydrogen (secondary N) is 3. The minimum atomic E-state index is -0.0801. The van der Waals surface area contributed by atoms with Crippen molar-refractivity contribution < 1.29 is 9.59 Å². The first-order valence-corrected chi connectivity index (χ1v) is 10.9. The van der Waals surface area contributed by atoms with Crippen LogP contribution in [0.5, 0.6) is 0 Å². The molecule has 1 aliphatic rings. The van der Waals surface area contributed by atoms with E-state index in [1.807, 2.05) is 30.1 Å². The van der Waals surface area contributed by atoms with E-state index in [1.165, 1.54) is 0 Å². The minimum Gasteiger partial charge on any atom is -0.331 e. The number of hydrogen-bond donors (Lipinski definition) is 4. The smallest absolute Gasteiger partial charge is 0.254 e. The average Bonchev–Trinajstić information content (AvgIpc) is 3.10. The van der Waals surface area contributed by atoms with E-state index in [0.717, 1.165) is 24.1 Å². The van der Waals surface area contributed by atoms with E-state index in [1.54, 1.807) is 6.21 Å². The molecule has 0 aromatic heterocycles. The molecule has 0 spiro atoms. The fourth-order valence-electron chi connectivity index (χ4n) is 3.56. The van der Waals surface area contributed by atoms with Gasteiger partial charge in [-0.15, -0.1) is 0 Å². The van der Waals surface area contributed by atoms with Gasteiger partial charge in [-0.25, -0.2) is 0 Å². The number of benzene rings is 1. The van der Waals surface area contributed by atoms with Crippen LogP contribution in [0.4, 0.5) is 5.69 Å². The Hall–Kier alpha value is -2.78. The number of rotatable bonds is 13. The highest BCUT2D eigenvalue weighted by Crippen LogP contribution is 2.31. The van der Waals surface area contributed by atoms with Crippen molar-refractivity contribution in [1.29, 1.82) is 0 Å². The fraction of sp³-hybridized carbons (Fsp3) is 0.545. The summed E-state index contributed by atoms with van der Waals surface area (Å²) in [5, 5.41) is 12.8. The standard InChI is InChI=1S/C22H35N7O2/c1-4-6-16(2)29-15-19-18(22(29)31)7-5-8-20(19)27-21(30)9-10-25-11-12-26-14-17(28-23)13-24-3/h5,7-8,14,16,24-25H,4,6,9-13,15,23H2,1-3H3,(H,27,30). The molecular weight excluding hydrogens is 394 g/mol. The van der Waals surface area contributed by atoms with Gasteiger partial charge in [0.1, 0.15) is 0 Å². The van der Waals surface area contributed by atoms with Crippen molar-refractivity contribution >= 4 is 29.4 Å². The van der Waals surface area contributed by atoms with Crippen molar-refractivity contribution in [3.8, 4) is 0 Å². The average molecular weight is 430 g/mol. The number of amides is 2. The Morgan fingerprint density at radius 1 is 1.35 bits per heavy atom. The van der Waals surface area contributed by atoms with Crippen molar-refractivity contribution in [2.24, 2.45) is 15.9 Å². The van der Waals surface area contributed by atoms with Crippen LogP contribution in [0.25, 0.3) is 0 Å². The van der Waals surface area contributed by atoms with Crippen LogP contribution >= 0.6 is 0 Å². The number of fused-ring (bicyclic) bond motifs is 1. The van der Waals surface area contributed by atoms with Gasteiger partial charge in [0.05, 0.1) is 12.3 Å². The summed E-state index contributed by atoms with van der Waals surface area (Å²) in [5.41, 5.74) is 3.00. The Morgan fingerprint density at radius 3 is 2.87 bits per heavy atom. The SMILES string of the molecule is CCCC(C)N1Cc2c(NC(=O)CCNCCN=CC(CNC)=NN)cccc2C1=O. The first kappa shape index (κ1) is 24.5. The van der Waals surface area contributed by atoms with Gasteiger partial charge in [-0.2, -0.15) is 5.10 Å². The number of anilines is 1. The van der Waals surface area contributed by atoms with Gasteiger partial charge in [-0.05, 0) is 32.5 Å². The van der Waals surface area contributed by atoms with Crippen LogP contribution in [-0.4, -0.2) is 67.9 Å². The predicted molar refractivity (Wildman–Crippen MR) is 126 cm³/mol. The maximum absolute atomic E-state index is 12.7. The van der Waals surface area contributed by atoms with Gasteiger partial charge >= 0.3 is 0 Å². The third-order valence-electron chi connectivity index (χ3n) is 5.22. The van der Waals surface area contributed by atoms with Crippen LogP contribution in [0.2, 0.25) is 0 Å². The number of nitrogens with two attached hydrogens (primary N) is 1. The molecule has 1 aromatic rings. The maximum Gasteiger partial charge on any atom is 0.254 e. The quantitative estimate of drug-likeness (QED) is 0.163. The van der Waals surface area contributed by atoms with Crippen molar-refractivity contribution in [1.82, 2.24) is 15.5 Å². The molecule has 1 unspecified atom stereocenters. The zero-order chi connectivity index (χ0) is 22.6. The molecule has 0 saturated carbocycles. The summed E-state index contributed by atoms with van der Waals surface area (Å²) in [6, 6.07) is 5.71. The largest absolute Gasteiger partial charge is 0.331 e. The molecule has 0 aliphatic carbocycles. The second kappa shape index (κ2) is 12.8.